The fourth-order valence-corrected chi connectivity index (χ4v) is 1.57. The number of carbonyl (C=O) groups is 1. The van der Waals surface area contributed by atoms with E-state index in [1.165, 1.54) is 0 Å². The van der Waals surface area contributed by atoms with E-state index in [4.69, 9.17) is 17.2 Å². The van der Waals surface area contributed by atoms with Gasteiger partial charge in [0.1, 0.15) is 6.04 Å². The van der Waals surface area contributed by atoms with Crippen molar-refractivity contribution in [3.63, 3.8) is 0 Å². The van der Waals surface area contributed by atoms with Gasteiger partial charge in [-0.15, -0.1) is 0 Å². The van der Waals surface area contributed by atoms with Gasteiger partial charge in [-0.25, -0.2) is 4.79 Å². The first-order valence-corrected chi connectivity index (χ1v) is 6.12. The number of nitrogens with two attached hydrogens (primary N) is 3. The van der Waals surface area contributed by atoms with Gasteiger partial charge in [-0.1, -0.05) is 0 Å². The molecule has 8 heteroatoms. The number of hydrogen-bond acceptors (Lipinski definition) is 7. The molecule has 90 valence electrons. The van der Waals surface area contributed by atoms with Gasteiger partial charge >= 0.3 is 16.1 Å². The summed E-state index contributed by atoms with van der Waals surface area (Å²) in [6, 6.07) is -0.957. The summed E-state index contributed by atoms with van der Waals surface area (Å²) in [6.45, 7) is 0.282. The zero-order valence-corrected chi connectivity index (χ0v) is 9.20. The van der Waals surface area contributed by atoms with Crippen LogP contribution in [0.5, 0.6) is 0 Å². The summed E-state index contributed by atoms with van der Waals surface area (Å²) in [6.07, 6.45) is 0.834. The van der Waals surface area contributed by atoms with Gasteiger partial charge in [-0.3, -0.25) is 0 Å². The van der Waals surface area contributed by atoms with Gasteiger partial charge in [0.25, 0.3) is 0 Å². The lowest BCUT2D eigenvalue weighted by atomic mass is 10.2. The molecule has 0 fully saturated rings. The van der Waals surface area contributed by atoms with Crippen molar-refractivity contribution in [1.29, 1.82) is 0 Å². The van der Waals surface area contributed by atoms with Crippen LogP contribution in [0, 0.1) is 0 Å². The fraction of sp³-hybridized carbons (Fsp3) is 0.857. The molecule has 0 saturated carbocycles. The SMILES string of the molecule is NCCC[C@H](N)C(=O)OS(=O)(=O)CCN. The van der Waals surface area contributed by atoms with Crippen LogP contribution in [0.3, 0.4) is 0 Å². The molecule has 1 atom stereocenters. The summed E-state index contributed by atoms with van der Waals surface area (Å²) < 4.78 is 26.3. The quantitative estimate of drug-likeness (QED) is 0.432. The van der Waals surface area contributed by atoms with Crippen LogP contribution >= 0.6 is 0 Å². The Morgan fingerprint density at radius 3 is 2.33 bits per heavy atom. The maximum Gasteiger partial charge on any atom is 0.338 e. The van der Waals surface area contributed by atoms with E-state index >= 15 is 0 Å². The molecular weight excluding hydrogens is 222 g/mol. The number of carbonyl (C=O) groups excluding carboxylic acids is 1. The smallest absolute Gasteiger partial charge is 0.338 e. The highest BCUT2D eigenvalue weighted by molar-refractivity contribution is 7.87. The third-order valence-electron chi connectivity index (χ3n) is 1.60. The van der Waals surface area contributed by atoms with Gasteiger partial charge in [0, 0.05) is 6.54 Å². The molecule has 0 spiro atoms. The average Bonchev–Trinajstić information content (AvgIpc) is 2.13. The second-order valence-electron chi connectivity index (χ2n) is 2.99. The Bertz CT molecular complexity index is 291. The molecular formula is C7H17N3O4S. The van der Waals surface area contributed by atoms with Gasteiger partial charge in [0.05, 0.1) is 5.75 Å². The molecule has 15 heavy (non-hydrogen) atoms. The van der Waals surface area contributed by atoms with Gasteiger partial charge in [-0.2, -0.15) is 8.42 Å². The molecule has 0 radical (unpaired) electrons. The van der Waals surface area contributed by atoms with E-state index in [0.29, 0.717) is 19.4 Å². The van der Waals surface area contributed by atoms with Crippen LogP contribution in [0.4, 0.5) is 0 Å². The lowest BCUT2D eigenvalue weighted by Gasteiger charge is -2.10. The Hall–Kier alpha value is -0.700. The topological polar surface area (TPSA) is 138 Å². The first kappa shape index (κ1) is 14.3. The summed E-state index contributed by atoms with van der Waals surface area (Å²) >= 11 is 0. The standard InChI is InChI=1S/C7H17N3O4S/c8-3-1-2-6(10)7(11)14-15(12,13)5-4-9/h6H,1-5,8-10H2/t6-/m0/s1. The molecule has 0 aliphatic heterocycles. The summed E-state index contributed by atoms with van der Waals surface area (Å²) in [7, 11) is -3.89. The van der Waals surface area contributed by atoms with Crippen molar-refractivity contribution in [2.45, 2.75) is 18.9 Å². The molecule has 0 heterocycles. The lowest BCUT2D eigenvalue weighted by Crippen LogP contribution is -2.35. The minimum Gasteiger partial charge on any atom is -0.344 e. The Morgan fingerprint density at radius 2 is 1.87 bits per heavy atom. The second-order valence-corrected chi connectivity index (χ2v) is 4.68. The van der Waals surface area contributed by atoms with Crippen molar-refractivity contribution in [2.75, 3.05) is 18.8 Å². The van der Waals surface area contributed by atoms with Crippen LogP contribution in [0.15, 0.2) is 0 Å². The Morgan fingerprint density at radius 1 is 1.27 bits per heavy atom. The van der Waals surface area contributed by atoms with Crippen molar-refractivity contribution in [3.8, 4) is 0 Å². The highest BCUT2D eigenvalue weighted by atomic mass is 32.2. The van der Waals surface area contributed by atoms with Crippen LogP contribution in [0.1, 0.15) is 12.8 Å². The largest absolute Gasteiger partial charge is 0.344 e. The van der Waals surface area contributed by atoms with E-state index in [2.05, 4.69) is 4.18 Å². The predicted octanol–water partition coefficient (Wildman–Crippen LogP) is -2.12. The number of rotatable bonds is 7. The van der Waals surface area contributed by atoms with Crippen LogP contribution in [-0.2, 0) is 19.1 Å². The van der Waals surface area contributed by atoms with Crippen molar-refractivity contribution >= 4 is 16.1 Å². The Balaban J connectivity index is 4.12. The maximum absolute atomic E-state index is 11.1. The summed E-state index contributed by atoms with van der Waals surface area (Å²) in [4.78, 5) is 11.1. The summed E-state index contributed by atoms with van der Waals surface area (Å²) in [5.74, 6) is -1.36. The molecule has 0 aliphatic carbocycles. The average molecular weight is 239 g/mol. The van der Waals surface area contributed by atoms with E-state index < -0.39 is 27.9 Å². The van der Waals surface area contributed by atoms with E-state index in [1.807, 2.05) is 0 Å². The van der Waals surface area contributed by atoms with E-state index in [0.717, 1.165) is 0 Å². The first-order chi connectivity index (χ1) is 6.93. The van der Waals surface area contributed by atoms with Crippen LogP contribution in [0.2, 0.25) is 0 Å². The fourth-order valence-electron chi connectivity index (χ4n) is 0.829. The normalized spacial score (nSPS) is 13.5. The van der Waals surface area contributed by atoms with Crippen LogP contribution in [0.25, 0.3) is 0 Å². The second kappa shape index (κ2) is 6.72. The van der Waals surface area contributed by atoms with Gasteiger partial charge in [0.2, 0.25) is 0 Å². The van der Waals surface area contributed by atoms with Crippen molar-refractivity contribution in [2.24, 2.45) is 17.2 Å². The Labute approximate surface area is 89.1 Å². The molecule has 7 nitrogen and oxygen atoms in total. The highest BCUT2D eigenvalue weighted by Crippen LogP contribution is 2.00. The lowest BCUT2D eigenvalue weighted by molar-refractivity contribution is -0.135. The number of hydrogen-bond donors (Lipinski definition) is 3. The molecule has 0 bridgehead atoms. The molecule has 0 aromatic carbocycles. The third kappa shape index (κ3) is 6.39. The molecule has 6 N–H and O–H groups in total. The van der Waals surface area contributed by atoms with Crippen molar-refractivity contribution in [3.05, 3.63) is 0 Å². The predicted molar refractivity (Wildman–Crippen MR) is 55.2 cm³/mol. The van der Waals surface area contributed by atoms with E-state index in [-0.39, 0.29) is 6.54 Å². The third-order valence-corrected chi connectivity index (χ3v) is 2.75. The van der Waals surface area contributed by atoms with Gasteiger partial charge in [-0.05, 0) is 19.4 Å². The first-order valence-electron chi connectivity index (χ1n) is 4.54. The van der Waals surface area contributed by atoms with E-state index in [1.54, 1.807) is 0 Å². The monoisotopic (exact) mass is 239 g/mol. The molecule has 0 unspecified atom stereocenters. The molecule has 0 aromatic heterocycles. The molecule has 0 saturated heterocycles. The minimum absolute atomic E-state index is 0.104. The Kier molecular flexibility index (Phi) is 6.41. The van der Waals surface area contributed by atoms with Crippen LogP contribution < -0.4 is 17.2 Å². The zero-order chi connectivity index (χ0) is 11.9. The van der Waals surface area contributed by atoms with E-state index in [9.17, 15) is 13.2 Å². The van der Waals surface area contributed by atoms with Crippen molar-refractivity contribution < 1.29 is 17.4 Å². The molecule has 0 amide bonds. The van der Waals surface area contributed by atoms with Gasteiger partial charge in [0.15, 0.2) is 0 Å². The molecule has 0 rings (SSSR count). The van der Waals surface area contributed by atoms with Crippen molar-refractivity contribution in [1.82, 2.24) is 0 Å². The van der Waals surface area contributed by atoms with Crippen LogP contribution in [-0.4, -0.2) is 39.3 Å². The minimum atomic E-state index is -3.89. The van der Waals surface area contributed by atoms with Gasteiger partial charge < -0.3 is 21.4 Å². The molecule has 0 aliphatic rings. The zero-order valence-electron chi connectivity index (χ0n) is 8.39. The summed E-state index contributed by atoms with van der Waals surface area (Å²) in [5.41, 5.74) is 15.6. The highest BCUT2D eigenvalue weighted by Gasteiger charge is 2.21. The molecule has 0 aromatic rings. The maximum atomic E-state index is 11.1. The summed E-state index contributed by atoms with van der Waals surface area (Å²) in [5, 5.41) is 0.